The standard InChI is InChI=1S/C18H25N3O2/c1-14-12-16(20-21(14)15-8-5-4-6-9-15)17(23)19-11-7-10-18(2,3)13-22/h4-6,8-9,12,22H,7,10-11,13H2,1-3H3,(H,19,23). The van der Waals surface area contributed by atoms with Crippen molar-refractivity contribution in [2.24, 2.45) is 5.41 Å². The van der Waals surface area contributed by atoms with Gasteiger partial charge in [0.1, 0.15) is 0 Å². The number of para-hydroxylation sites is 1. The predicted molar refractivity (Wildman–Crippen MR) is 90.7 cm³/mol. The number of aromatic nitrogens is 2. The zero-order valence-electron chi connectivity index (χ0n) is 14.0. The fraction of sp³-hybridized carbons (Fsp3) is 0.444. The van der Waals surface area contributed by atoms with Gasteiger partial charge in [0.2, 0.25) is 0 Å². The number of carbonyl (C=O) groups is 1. The second-order valence-electron chi connectivity index (χ2n) is 6.60. The highest BCUT2D eigenvalue weighted by atomic mass is 16.3. The van der Waals surface area contributed by atoms with Crippen LogP contribution in [0, 0.1) is 12.3 Å². The fourth-order valence-electron chi connectivity index (χ4n) is 2.35. The normalized spacial score (nSPS) is 11.5. The second-order valence-corrected chi connectivity index (χ2v) is 6.60. The largest absolute Gasteiger partial charge is 0.396 e. The Kier molecular flexibility index (Phi) is 5.55. The first kappa shape index (κ1) is 17.2. The maximum atomic E-state index is 12.2. The Morgan fingerprint density at radius 3 is 2.65 bits per heavy atom. The Labute approximate surface area is 137 Å². The fourth-order valence-corrected chi connectivity index (χ4v) is 2.35. The third-order valence-electron chi connectivity index (χ3n) is 3.86. The average Bonchev–Trinajstić information content (AvgIpc) is 2.94. The molecule has 0 aliphatic heterocycles. The number of aliphatic hydroxyl groups excluding tert-OH is 1. The highest BCUT2D eigenvalue weighted by Crippen LogP contribution is 2.20. The minimum Gasteiger partial charge on any atom is -0.396 e. The lowest BCUT2D eigenvalue weighted by molar-refractivity contribution is 0.0943. The van der Waals surface area contributed by atoms with Gasteiger partial charge in [-0.2, -0.15) is 5.10 Å². The number of hydrogen-bond acceptors (Lipinski definition) is 3. The molecule has 0 saturated carbocycles. The molecule has 0 fully saturated rings. The zero-order valence-corrected chi connectivity index (χ0v) is 14.0. The molecule has 5 nitrogen and oxygen atoms in total. The predicted octanol–water partition coefficient (Wildman–Crippen LogP) is 2.71. The van der Waals surface area contributed by atoms with E-state index in [1.54, 1.807) is 10.7 Å². The summed E-state index contributed by atoms with van der Waals surface area (Å²) in [7, 11) is 0. The van der Waals surface area contributed by atoms with E-state index in [1.807, 2.05) is 51.1 Å². The molecule has 0 atom stereocenters. The number of aryl methyl sites for hydroxylation is 1. The first-order valence-corrected chi connectivity index (χ1v) is 7.94. The third-order valence-corrected chi connectivity index (χ3v) is 3.86. The molecule has 0 saturated heterocycles. The van der Waals surface area contributed by atoms with Gasteiger partial charge < -0.3 is 10.4 Å². The number of carbonyl (C=O) groups excluding carboxylic acids is 1. The van der Waals surface area contributed by atoms with Gasteiger partial charge in [0, 0.05) is 18.8 Å². The minimum absolute atomic E-state index is 0.101. The molecule has 2 aromatic rings. The monoisotopic (exact) mass is 315 g/mol. The molecule has 1 aromatic heterocycles. The lowest BCUT2D eigenvalue weighted by atomic mass is 9.89. The molecule has 5 heteroatoms. The molecule has 0 unspecified atom stereocenters. The highest BCUT2D eigenvalue weighted by molar-refractivity contribution is 5.92. The Bertz CT molecular complexity index is 648. The van der Waals surface area contributed by atoms with Gasteiger partial charge in [-0.1, -0.05) is 32.0 Å². The van der Waals surface area contributed by atoms with Crippen LogP contribution in [0.3, 0.4) is 0 Å². The first-order valence-electron chi connectivity index (χ1n) is 7.94. The molecule has 0 aliphatic rings. The van der Waals surface area contributed by atoms with Crippen LogP contribution in [-0.4, -0.2) is 33.9 Å². The van der Waals surface area contributed by atoms with E-state index in [-0.39, 0.29) is 17.9 Å². The van der Waals surface area contributed by atoms with Crippen molar-refractivity contribution in [2.75, 3.05) is 13.2 Å². The average molecular weight is 315 g/mol. The van der Waals surface area contributed by atoms with Crippen molar-refractivity contribution in [3.8, 4) is 5.69 Å². The summed E-state index contributed by atoms with van der Waals surface area (Å²) in [6.45, 7) is 6.70. The van der Waals surface area contributed by atoms with E-state index in [2.05, 4.69) is 10.4 Å². The Morgan fingerprint density at radius 1 is 1.30 bits per heavy atom. The summed E-state index contributed by atoms with van der Waals surface area (Å²) in [5.74, 6) is -0.162. The van der Waals surface area contributed by atoms with Crippen molar-refractivity contribution in [1.29, 1.82) is 0 Å². The van der Waals surface area contributed by atoms with Gasteiger partial charge >= 0.3 is 0 Å². The topological polar surface area (TPSA) is 67.2 Å². The van der Waals surface area contributed by atoms with E-state index in [0.29, 0.717) is 12.2 Å². The maximum Gasteiger partial charge on any atom is 0.271 e. The molecular formula is C18H25N3O2. The van der Waals surface area contributed by atoms with Crippen molar-refractivity contribution >= 4 is 5.91 Å². The minimum atomic E-state index is -0.162. The molecule has 0 radical (unpaired) electrons. The molecule has 0 aliphatic carbocycles. The first-order chi connectivity index (χ1) is 10.9. The number of nitrogens with one attached hydrogen (secondary N) is 1. The lowest BCUT2D eigenvalue weighted by Crippen LogP contribution is -2.26. The summed E-state index contributed by atoms with van der Waals surface area (Å²) < 4.78 is 1.77. The summed E-state index contributed by atoms with van der Waals surface area (Å²) in [5.41, 5.74) is 2.18. The van der Waals surface area contributed by atoms with Crippen molar-refractivity contribution in [2.45, 2.75) is 33.6 Å². The smallest absolute Gasteiger partial charge is 0.271 e. The number of amides is 1. The summed E-state index contributed by atoms with van der Waals surface area (Å²) in [5, 5.41) is 16.5. The van der Waals surface area contributed by atoms with Crippen LogP contribution in [0.5, 0.6) is 0 Å². The van der Waals surface area contributed by atoms with Gasteiger partial charge in [-0.25, -0.2) is 4.68 Å². The Morgan fingerprint density at radius 2 is 2.00 bits per heavy atom. The number of benzene rings is 1. The van der Waals surface area contributed by atoms with Crippen molar-refractivity contribution in [1.82, 2.24) is 15.1 Å². The van der Waals surface area contributed by atoms with E-state index in [0.717, 1.165) is 24.2 Å². The molecule has 2 N–H and O–H groups in total. The quantitative estimate of drug-likeness (QED) is 0.772. The Balaban J connectivity index is 1.94. The van der Waals surface area contributed by atoms with Crippen LogP contribution in [0.4, 0.5) is 0 Å². The van der Waals surface area contributed by atoms with Crippen LogP contribution >= 0.6 is 0 Å². The van der Waals surface area contributed by atoms with Crippen molar-refractivity contribution in [3.05, 3.63) is 47.8 Å². The molecule has 0 spiro atoms. The zero-order chi connectivity index (χ0) is 16.9. The molecule has 124 valence electrons. The van der Waals surface area contributed by atoms with Crippen LogP contribution < -0.4 is 5.32 Å². The maximum absolute atomic E-state index is 12.2. The summed E-state index contributed by atoms with van der Waals surface area (Å²) >= 11 is 0. The Hall–Kier alpha value is -2.14. The van der Waals surface area contributed by atoms with E-state index in [9.17, 15) is 9.90 Å². The molecular weight excluding hydrogens is 290 g/mol. The summed E-state index contributed by atoms with van der Waals surface area (Å²) in [6, 6.07) is 11.5. The number of nitrogens with zero attached hydrogens (tertiary/aromatic N) is 2. The van der Waals surface area contributed by atoms with E-state index in [1.165, 1.54) is 0 Å². The van der Waals surface area contributed by atoms with E-state index in [4.69, 9.17) is 0 Å². The molecule has 0 bridgehead atoms. The van der Waals surface area contributed by atoms with Crippen molar-refractivity contribution < 1.29 is 9.90 Å². The molecule has 1 amide bonds. The van der Waals surface area contributed by atoms with Crippen LogP contribution in [0.1, 0.15) is 42.9 Å². The third kappa shape index (κ3) is 4.66. The lowest BCUT2D eigenvalue weighted by Gasteiger charge is -2.21. The number of hydrogen-bond donors (Lipinski definition) is 2. The highest BCUT2D eigenvalue weighted by Gasteiger charge is 2.16. The van der Waals surface area contributed by atoms with Gasteiger partial charge in [-0.05, 0) is 43.4 Å². The SMILES string of the molecule is Cc1cc(C(=O)NCCCC(C)(C)CO)nn1-c1ccccc1. The summed E-state index contributed by atoms with van der Waals surface area (Å²) in [6.07, 6.45) is 1.69. The molecule has 2 rings (SSSR count). The molecule has 1 aromatic carbocycles. The molecule has 1 heterocycles. The van der Waals surface area contributed by atoms with Gasteiger partial charge in [-0.3, -0.25) is 4.79 Å². The van der Waals surface area contributed by atoms with Crippen LogP contribution in [-0.2, 0) is 0 Å². The van der Waals surface area contributed by atoms with Gasteiger partial charge in [0.15, 0.2) is 5.69 Å². The number of aliphatic hydroxyl groups is 1. The van der Waals surface area contributed by atoms with E-state index >= 15 is 0 Å². The van der Waals surface area contributed by atoms with Gasteiger partial charge in [0.05, 0.1) is 5.69 Å². The van der Waals surface area contributed by atoms with Crippen LogP contribution in [0.2, 0.25) is 0 Å². The summed E-state index contributed by atoms with van der Waals surface area (Å²) in [4.78, 5) is 12.2. The van der Waals surface area contributed by atoms with Gasteiger partial charge in [0.25, 0.3) is 5.91 Å². The van der Waals surface area contributed by atoms with Crippen molar-refractivity contribution in [3.63, 3.8) is 0 Å². The number of rotatable bonds is 7. The van der Waals surface area contributed by atoms with E-state index < -0.39 is 0 Å². The van der Waals surface area contributed by atoms with Crippen LogP contribution in [0.25, 0.3) is 5.69 Å². The van der Waals surface area contributed by atoms with Crippen LogP contribution in [0.15, 0.2) is 36.4 Å². The molecule has 23 heavy (non-hydrogen) atoms. The second kappa shape index (κ2) is 7.42. The van der Waals surface area contributed by atoms with Gasteiger partial charge in [-0.15, -0.1) is 0 Å².